The third-order valence-corrected chi connectivity index (χ3v) is 5.11. The van der Waals surface area contributed by atoms with Gasteiger partial charge in [-0.05, 0) is 48.1 Å². The zero-order valence-corrected chi connectivity index (χ0v) is 15.1. The van der Waals surface area contributed by atoms with Gasteiger partial charge in [0.1, 0.15) is 11.3 Å². The van der Waals surface area contributed by atoms with E-state index in [2.05, 4.69) is 0 Å². The summed E-state index contributed by atoms with van der Waals surface area (Å²) in [6, 6.07) is 16.2. The Morgan fingerprint density at radius 3 is 2.54 bits per heavy atom. The Morgan fingerprint density at radius 1 is 0.964 bits per heavy atom. The third-order valence-electron chi connectivity index (χ3n) is 5.11. The number of rotatable bonds is 3. The molecular weight excluding hydrogens is 367 g/mol. The lowest BCUT2D eigenvalue weighted by Gasteiger charge is -2.35. The lowest BCUT2D eigenvalue weighted by atomic mass is 9.94. The van der Waals surface area contributed by atoms with E-state index >= 15 is 0 Å². The number of hydroxylamine groups is 2. The number of fused-ring (bicyclic) bond motifs is 1. The van der Waals surface area contributed by atoms with Crippen molar-refractivity contribution in [1.29, 1.82) is 0 Å². The topological polar surface area (TPSA) is 32.7 Å². The van der Waals surface area contributed by atoms with Crippen LogP contribution in [-0.4, -0.2) is 16.7 Å². The smallest absolute Gasteiger partial charge is 0.420 e. The molecule has 0 bridgehead atoms. The van der Waals surface area contributed by atoms with Gasteiger partial charge in [-0.15, -0.1) is 5.06 Å². The van der Waals surface area contributed by atoms with Gasteiger partial charge in [0, 0.05) is 11.9 Å². The molecule has 0 aromatic heterocycles. The molecule has 1 heterocycles. The maximum atomic E-state index is 13.3. The second-order valence-corrected chi connectivity index (χ2v) is 7.00. The van der Waals surface area contributed by atoms with Crippen LogP contribution in [0.4, 0.5) is 13.2 Å². The summed E-state index contributed by atoms with van der Waals surface area (Å²) in [5.41, 5.74) is 0.0427. The maximum absolute atomic E-state index is 13.3. The highest BCUT2D eigenvalue weighted by Gasteiger charge is 2.36. The van der Waals surface area contributed by atoms with Crippen molar-refractivity contribution in [1.82, 2.24) is 5.06 Å². The number of phenolic OH excluding ortho intramolecular Hbond substituents is 1. The molecule has 0 amide bonds. The molecule has 1 fully saturated rings. The molecule has 3 aromatic carbocycles. The Morgan fingerprint density at radius 2 is 1.71 bits per heavy atom. The van der Waals surface area contributed by atoms with Gasteiger partial charge < -0.3 is 9.94 Å². The van der Waals surface area contributed by atoms with Crippen LogP contribution >= 0.6 is 0 Å². The van der Waals surface area contributed by atoms with E-state index in [9.17, 15) is 18.3 Å². The van der Waals surface area contributed by atoms with Gasteiger partial charge in [0.2, 0.25) is 0 Å². The number of para-hydroxylation sites is 1. The van der Waals surface area contributed by atoms with Crippen molar-refractivity contribution in [2.45, 2.75) is 31.5 Å². The maximum Gasteiger partial charge on any atom is 0.420 e. The minimum atomic E-state index is -4.48. The van der Waals surface area contributed by atoms with Crippen LogP contribution in [-0.2, 0) is 6.18 Å². The molecule has 146 valence electrons. The fourth-order valence-corrected chi connectivity index (χ4v) is 3.76. The van der Waals surface area contributed by atoms with Crippen molar-refractivity contribution in [2.24, 2.45) is 0 Å². The molecule has 0 saturated carbocycles. The van der Waals surface area contributed by atoms with Crippen LogP contribution in [0.2, 0.25) is 0 Å². The Labute approximate surface area is 160 Å². The fraction of sp³-hybridized carbons (Fsp3) is 0.273. The summed E-state index contributed by atoms with van der Waals surface area (Å²) in [5, 5.41) is 13.6. The molecule has 0 radical (unpaired) electrons. The van der Waals surface area contributed by atoms with Crippen LogP contribution in [0.25, 0.3) is 10.8 Å². The van der Waals surface area contributed by atoms with Crippen molar-refractivity contribution in [3.05, 3.63) is 71.8 Å². The van der Waals surface area contributed by atoms with E-state index in [1.807, 2.05) is 30.3 Å². The van der Waals surface area contributed by atoms with Crippen LogP contribution in [0.5, 0.6) is 11.5 Å². The monoisotopic (exact) mass is 387 g/mol. The first kappa shape index (κ1) is 18.6. The molecule has 6 heteroatoms. The molecule has 1 unspecified atom stereocenters. The summed E-state index contributed by atoms with van der Waals surface area (Å²) in [6.45, 7) is 0.518. The number of hydrogen-bond donors (Lipinski definition) is 1. The summed E-state index contributed by atoms with van der Waals surface area (Å²) in [4.78, 5) is 5.76. The lowest BCUT2D eigenvalue weighted by Crippen LogP contribution is -2.36. The minimum Gasteiger partial charge on any atom is -0.507 e. The molecular formula is C22H20F3NO2. The van der Waals surface area contributed by atoms with Crippen LogP contribution in [0.15, 0.2) is 60.7 Å². The third kappa shape index (κ3) is 3.64. The van der Waals surface area contributed by atoms with Gasteiger partial charge >= 0.3 is 6.18 Å². The number of aromatic hydroxyl groups is 1. The standard InChI is InChI=1S/C22H20F3NO2/c23-22(24,25)18-9-3-4-11-21(18)28-26-12-6-5-10-19(26)16-13-15-7-1-2-8-17(15)20(27)14-16/h1-4,7-9,11,13-14,19,27H,5-6,10,12H2. The SMILES string of the molecule is Oc1cc(C2CCCCN2Oc2ccccc2C(F)(F)F)cc2ccccc12. The molecule has 1 atom stereocenters. The van der Waals surface area contributed by atoms with Crippen molar-refractivity contribution < 1.29 is 23.1 Å². The molecule has 1 N–H and O–H groups in total. The molecule has 4 rings (SSSR count). The molecule has 3 nitrogen and oxygen atoms in total. The normalized spacial score (nSPS) is 18.3. The van der Waals surface area contributed by atoms with Gasteiger partial charge in [-0.25, -0.2) is 0 Å². The predicted molar refractivity (Wildman–Crippen MR) is 101 cm³/mol. The number of hydrogen-bond acceptors (Lipinski definition) is 3. The number of halogens is 3. The average molecular weight is 387 g/mol. The predicted octanol–water partition coefficient (Wildman–Crippen LogP) is 6.09. The summed E-state index contributed by atoms with van der Waals surface area (Å²) in [7, 11) is 0. The van der Waals surface area contributed by atoms with E-state index in [0.717, 1.165) is 41.7 Å². The first-order valence-corrected chi connectivity index (χ1v) is 9.26. The van der Waals surface area contributed by atoms with E-state index in [1.54, 1.807) is 11.1 Å². The number of nitrogens with zero attached hydrogens (tertiary/aromatic N) is 1. The van der Waals surface area contributed by atoms with Crippen molar-refractivity contribution in [3.63, 3.8) is 0 Å². The molecule has 28 heavy (non-hydrogen) atoms. The highest BCUT2D eigenvalue weighted by atomic mass is 19.4. The summed E-state index contributed by atoms with van der Waals surface area (Å²) in [5.74, 6) is -0.0405. The molecule has 1 saturated heterocycles. The summed E-state index contributed by atoms with van der Waals surface area (Å²) in [6.07, 6.45) is -1.96. The highest BCUT2D eigenvalue weighted by molar-refractivity contribution is 5.88. The second-order valence-electron chi connectivity index (χ2n) is 7.00. The van der Waals surface area contributed by atoms with Crippen molar-refractivity contribution in [2.75, 3.05) is 6.54 Å². The van der Waals surface area contributed by atoms with Crippen LogP contribution in [0, 0.1) is 0 Å². The van der Waals surface area contributed by atoms with E-state index in [1.165, 1.54) is 18.2 Å². The number of alkyl halides is 3. The Kier molecular flexibility index (Phi) is 4.89. The molecule has 3 aromatic rings. The number of piperidine rings is 1. The van der Waals surface area contributed by atoms with E-state index < -0.39 is 11.7 Å². The van der Waals surface area contributed by atoms with Gasteiger partial charge in [-0.3, -0.25) is 0 Å². The van der Waals surface area contributed by atoms with Crippen LogP contribution in [0.3, 0.4) is 0 Å². The van der Waals surface area contributed by atoms with E-state index in [0.29, 0.717) is 6.54 Å². The van der Waals surface area contributed by atoms with Gasteiger partial charge in [-0.1, -0.05) is 42.8 Å². The molecule has 0 aliphatic carbocycles. The lowest BCUT2D eigenvalue weighted by molar-refractivity contribution is -0.150. The first-order valence-electron chi connectivity index (χ1n) is 9.26. The Balaban J connectivity index is 1.68. The quantitative estimate of drug-likeness (QED) is 0.591. The first-order chi connectivity index (χ1) is 13.4. The van der Waals surface area contributed by atoms with E-state index in [4.69, 9.17) is 4.84 Å². The second kappa shape index (κ2) is 7.36. The highest BCUT2D eigenvalue weighted by Crippen LogP contribution is 2.40. The van der Waals surface area contributed by atoms with Gasteiger partial charge in [-0.2, -0.15) is 13.2 Å². The number of phenols is 1. The number of benzene rings is 3. The largest absolute Gasteiger partial charge is 0.507 e. The zero-order valence-electron chi connectivity index (χ0n) is 15.1. The zero-order chi connectivity index (χ0) is 19.7. The van der Waals surface area contributed by atoms with Gasteiger partial charge in [0.25, 0.3) is 0 Å². The van der Waals surface area contributed by atoms with Crippen LogP contribution < -0.4 is 4.84 Å². The molecule has 0 spiro atoms. The fourth-order valence-electron chi connectivity index (χ4n) is 3.76. The van der Waals surface area contributed by atoms with Crippen molar-refractivity contribution in [3.8, 4) is 11.5 Å². The summed E-state index contributed by atoms with van der Waals surface area (Å²) >= 11 is 0. The average Bonchev–Trinajstić information content (AvgIpc) is 2.68. The molecule has 1 aliphatic heterocycles. The summed E-state index contributed by atoms with van der Waals surface area (Å²) < 4.78 is 40.0. The minimum absolute atomic E-state index is 0.161. The van der Waals surface area contributed by atoms with Crippen LogP contribution in [0.1, 0.15) is 36.4 Å². The van der Waals surface area contributed by atoms with Crippen molar-refractivity contribution >= 4 is 10.8 Å². The molecule has 1 aliphatic rings. The van der Waals surface area contributed by atoms with Gasteiger partial charge in [0.05, 0.1) is 6.04 Å². The Hall–Kier alpha value is -2.73. The van der Waals surface area contributed by atoms with E-state index in [-0.39, 0.29) is 17.5 Å². The Bertz CT molecular complexity index is 987. The van der Waals surface area contributed by atoms with Gasteiger partial charge in [0.15, 0.2) is 5.75 Å².